The minimum Gasteiger partial charge on any atom is -0.310 e. The summed E-state index contributed by atoms with van der Waals surface area (Å²) in [5.74, 6) is 0. The van der Waals surface area contributed by atoms with Crippen LogP contribution in [0.4, 0.5) is 0 Å². The van der Waals surface area contributed by atoms with Crippen molar-refractivity contribution < 1.29 is 0 Å². The SMILES string of the molecule is CCC(Cl)CNCc1ccn(C2CCCC2)n1. The first-order chi connectivity index (χ1) is 8.29. The Morgan fingerprint density at radius 2 is 2.29 bits per heavy atom. The third-order valence-electron chi connectivity index (χ3n) is 3.48. The van der Waals surface area contributed by atoms with Crippen molar-refractivity contribution in [3.63, 3.8) is 0 Å². The Balaban J connectivity index is 1.77. The Bertz CT molecular complexity index is 331. The van der Waals surface area contributed by atoms with Crippen LogP contribution in [0, 0.1) is 0 Å². The smallest absolute Gasteiger partial charge is 0.0762 e. The van der Waals surface area contributed by atoms with Gasteiger partial charge in [0.05, 0.1) is 11.7 Å². The Hall–Kier alpha value is -0.540. The molecule has 1 atom stereocenters. The number of hydrogen-bond donors (Lipinski definition) is 1. The molecule has 2 rings (SSSR count). The summed E-state index contributed by atoms with van der Waals surface area (Å²) in [6.45, 7) is 3.78. The first-order valence-corrected chi connectivity index (χ1v) is 7.12. The van der Waals surface area contributed by atoms with Crippen LogP contribution in [0.15, 0.2) is 12.3 Å². The molecular weight excluding hydrogens is 234 g/mol. The van der Waals surface area contributed by atoms with Gasteiger partial charge in [-0.1, -0.05) is 19.8 Å². The van der Waals surface area contributed by atoms with Gasteiger partial charge in [0.15, 0.2) is 0 Å². The lowest BCUT2D eigenvalue weighted by Crippen LogP contribution is -2.22. The molecule has 1 N–H and O–H groups in total. The molecule has 4 heteroatoms. The van der Waals surface area contributed by atoms with Gasteiger partial charge < -0.3 is 5.32 Å². The lowest BCUT2D eigenvalue weighted by atomic mass is 10.3. The Morgan fingerprint density at radius 3 is 3.00 bits per heavy atom. The second kappa shape index (κ2) is 6.41. The van der Waals surface area contributed by atoms with Crippen LogP contribution in [-0.2, 0) is 6.54 Å². The van der Waals surface area contributed by atoms with E-state index < -0.39 is 0 Å². The molecule has 1 saturated carbocycles. The predicted octanol–water partition coefficient (Wildman–Crippen LogP) is 3.11. The van der Waals surface area contributed by atoms with Gasteiger partial charge in [0.2, 0.25) is 0 Å². The van der Waals surface area contributed by atoms with E-state index in [1.165, 1.54) is 25.7 Å². The standard InChI is InChI=1S/C13H22ClN3/c1-2-11(14)9-15-10-12-7-8-17(16-12)13-5-3-4-6-13/h7-8,11,13,15H,2-6,9-10H2,1H3. The van der Waals surface area contributed by atoms with Crippen molar-refractivity contribution in [1.82, 2.24) is 15.1 Å². The molecule has 17 heavy (non-hydrogen) atoms. The van der Waals surface area contributed by atoms with Crippen LogP contribution >= 0.6 is 11.6 Å². The summed E-state index contributed by atoms with van der Waals surface area (Å²) in [6.07, 6.45) is 8.39. The lowest BCUT2D eigenvalue weighted by Gasteiger charge is -2.09. The molecule has 0 spiro atoms. The molecule has 1 aliphatic carbocycles. The number of halogens is 1. The molecule has 3 nitrogen and oxygen atoms in total. The van der Waals surface area contributed by atoms with E-state index in [0.29, 0.717) is 6.04 Å². The molecule has 1 aromatic rings. The molecule has 96 valence electrons. The van der Waals surface area contributed by atoms with Gasteiger partial charge in [0, 0.05) is 24.7 Å². The summed E-state index contributed by atoms with van der Waals surface area (Å²) in [5.41, 5.74) is 1.12. The largest absolute Gasteiger partial charge is 0.310 e. The Kier molecular flexibility index (Phi) is 4.86. The van der Waals surface area contributed by atoms with Crippen LogP contribution < -0.4 is 5.32 Å². The van der Waals surface area contributed by atoms with Crippen LogP contribution in [0.2, 0.25) is 0 Å². The van der Waals surface area contributed by atoms with Crippen molar-refractivity contribution in [1.29, 1.82) is 0 Å². The highest BCUT2D eigenvalue weighted by molar-refractivity contribution is 6.20. The van der Waals surface area contributed by atoms with Crippen molar-refractivity contribution in [2.45, 2.75) is 57.0 Å². The topological polar surface area (TPSA) is 29.9 Å². The van der Waals surface area contributed by atoms with Gasteiger partial charge in [-0.3, -0.25) is 4.68 Å². The molecule has 1 fully saturated rings. The van der Waals surface area contributed by atoms with Gasteiger partial charge in [0.25, 0.3) is 0 Å². The fraction of sp³-hybridized carbons (Fsp3) is 0.769. The average Bonchev–Trinajstić information content (AvgIpc) is 2.98. The minimum atomic E-state index is 0.229. The summed E-state index contributed by atoms with van der Waals surface area (Å²) in [7, 11) is 0. The van der Waals surface area contributed by atoms with Crippen molar-refractivity contribution in [3.05, 3.63) is 18.0 Å². The number of rotatable bonds is 6. The van der Waals surface area contributed by atoms with E-state index in [1.54, 1.807) is 0 Å². The van der Waals surface area contributed by atoms with Gasteiger partial charge in [-0.05, 0) is 25.3 Å². The molecule has 0 saturated heterocycles. The molecule has 0 bridgehead atoms. The summed E-state index contributed by atoms with van der Waals surface area (Å²) in [6, 6.07) is 2.75. The maximum atomic E-state index is 6.05. The van der Waals surface area contributed by atoms with E-state index in [1.807, 2.05) is 0 Å². The highest BCUT2D eigenvalue weighted by Crippen LogP contribution is 2.28. The van der Waals surface area contributed by atoms with Gasteiger partial charge in [0.1, 0.15) is 0 Å². The van der Waals surface area contributed by atoms with Gasteiger partial charge >= 0.3 is 0 Å². The zero-order valence-corrected chi connectivity index (χ0v) is 11.3. The van der Waals surface area contributed by atoms with Gasteiger partial charge in [-0.25, -0.2) is 0 Å². The molecule has 1 aromatic heterocycles. The highest BCUT2D eigenvalue weighted by atomic mass is 35.5. The van der Waals surface area contributed by atoms with Crippen molar-refractivity contribution >= 4 is 11.6 Å². The second-order valence-electron chi connectivity index (χ2n) is 4.86. The summed E-state index contributed by atoms with van der Waals surface area (Å²) in [5, 5.41) is 8.20. The fourth-order valence-electron chi connectivity index (χ4n) is 2.35. The minimum absolute atomic E-state index is 0.229. The van der Waals surface area contributed by atoms with E-state index in [4.69, 9.17) is 11.6 Å². The second-order valence-corrected chi connectivity index (χ2v) is 5.48. The number of nitrogens with one attached hydrogen (secondary N) is 1. The van der Waals surface area contributed by atoms with Crippen LogP contribution in [0.25, 0.3) is 0 Å². The van der Waals surface area contributed by atoms with Crippen LogP contribution in [0.5, 0.6) is 0 Å². The zero-order chi connectivity index (χ0) is 12.1. The Labute approximate surface area is 109 Å². The summed E-state index contributed by atoms with van der Waals surface area (Å²) < 4.78 is 2.14. The monoisotopic (exact) mass is 255 g/mol. The van der Waals surface area contributed by atoms with Crippen molar-refractivity contribution in [2.24, 2.45) is 0 Å². The molecule has 1 unspecified atom stereocenters. The van der Waals surface area contributed by atoms with Gasteiger partial charge in [-0.2, -0.15) is 5.10 Å². The summed E-state index contributed by atoms with van der Waals surface area (Å²) in [4.78, 5) is 0. The third-order valence-corrected chi connectivity index (χ3v) is 3.94. The number of aromatic nitrogens is 2. The summed E-state index contributed by atoms with van der Waals surface area (Å²) >= 11 is 6.05. The average molecular weight is 256 g/mol. The maximum absolute atomic E-state index is 6.05. The number of hydrogen-bond acceptors (Lipinski definition) is 2. The molecule has 0 radical (unpaired) electrons. The van der Waals surface area contributed by atoms with Crippen molar-refractivity contribution in [2.75, 3.05) is 6.54 Å². The van der Waals surface area contributed by atoms with E-state index in [-0.39, 0.29) is 5.38 Å². The van der Waals surface area contributed by atoms with Crippen molar-refractivity contribution in [3.8, 4) is 0 Å². The number of nitrogens with zero attached hydrogens (tertiary/aromatic N) is 2. The number of alkyl halides is 1. The molecule has 1 aliphatic rings. The molecule has 0 amide bonds. The van der Waals surface area contributed by atoms with Crippen LogP contribution in [-0.4, -0.2) is 21.7 Å². The molecule has 0 aromatic carbocycles. The normalized spacial score (nSPS) is 18.7. The van der Waals surface area contributed by atoms with E-state index >= 15 is 0 Å². The first-order valence-electron chi connectivity index (χ1n) is 6.68. The molecular formula is C13H22ClN3. The van der Waals surface area contributed by atoms with Crippen LogP contribution in [0.1, 0.15) is 50.8 Å². The van der Waals surface area contributed by atoms with E-state index in [2.05, 4.69) is 34.3 Å². The lowest BCUT2D eigenvalue weighted by molar-refractivity contribution is 0.460. The zero-order valence-electron chi connectivity index (χ0n) is 10.5. The van der Waals surface area contributed by atoms with Crippen LogP contribution in [0.3, 0.4) is 0 Å². The maximum Gasteiger partial charge on any atom is 0.0762 e. The van der Waals surface area contributed by atoms with E-state index in [0.717, 1.165) is 25.2 Å². The predicted molar refractivity (Wildman–Crippen MR) is 71.4 cm³/mol. The highest BCUT2D eigenvalue weighted by Gasteiger charge is 2.17. The Morgan fingerprint density at radius 1 is 1.53 bits per heavy atom. The van der Waals surface area contributed by atoms with E-state index in [9.17, 15) is 0 Å². The first kappa shape index (κ1) is 12.9. The van der Waals surface area contributed by atoms with Gasteiger partial charge in [-0.15, -0.1) is 11.6 Å². The fourth-order valence-corrected chi connectivity index (χ4v) is 2.45. The quantitative estimate of drug-likeness (QED) is 0.792. The molecule has 0 aliphatic heterocycles. The molecule has 1 heterocycles. The third kappa shape index (κ3) is 3.71.